The monoisotopic (exact) mass is 248 g/mol. The van der Waals surface area contributed by atoms with E-state index in [-0.39, 0.29) is 0 Å². The van der Waals surface area contributed by atoms with Gasteiger partial charge < -0.3 is 4.74 Å². The summed E-state index contributed by atoms with van der Waals surface area (Å²) in [4.78, 5) is 7.12. The predicted molar refractivity (Wildman–Crippen MR) is 74.0 cm³/mol. The molecule has 0 radical (unpaired) electrons. The zero-order valence-corrected chi connectivity index (χ0v) is 11.8. The lowest BCUT2D eigenvalue weighted by Gasteiger charge is -2.36. The van der Waals surface area contributed by atoms with Crippen molar-refractivity contribution >= 4 is 0 Å². The average molecular weight is 248 g/mol. The first-order valence-electron chi connectivity index (χ1n) is 7.01. The molecule has 0 bridgehead atoms. The molecule has 0 aliphatic carbocycles. The summed E-state index contributed by atoms with van der Waals surface area (Å²) in [5, 5.41) is 0. The number of hydrogen-bond acceptors (Lipinski definition) is 3. The van der Waals surface area contributed by atoms with Gasteiger partial charge in [0.2, 0.25) is 5.88 Å². The number of nitrogens with zero attached hydrogens (tertiary/aromatic N) is 2. The number of hydrogen-bond donors (Lipinski definition) is 0. The second kappa shape index (κ2) is 6.19. The van der Waals surface area contributed by atoms with Gasteiger partial charge in [0.05, 0.1) is 7.11 Å². The molecular weight excluding hydrogens is 224 g/mol. The van der Waals surface area contributed by atoms with E-state index in [1.807, 2.05) is 6.07 Å². The Bertz CT molecular complexity index is 390. The Kier molecular flexibility index (Phi) is 4.59. The summed E-state index contributed by atoms with van der Waals surface area (Å²) in [6.45, 7) is 6.77. The van der Waals surface area contributed by atoms with E-state index in [1.165, 1.54) is 44.3 Å². The molecule has 1 saturated heterocycles. The molecule has 18 heavy (non-hydrogen) atoms. The Balaban J connectivity index is 2.22. The van der Waals surface area contributed by atoms with Crippen molar-refractivity contribution < 1.29 is 4.74 Å². The molecule has 0 N–H and O–H groups in total. The van der Waals surface area contributed by atoms with Crippen molar-refractivity contribution in [2.75, 3.05) is 20.2 Å². The number of ether oxygens (including phenoxy) is 1. The lowest BCUT2D eigenvalue weighted by molar-refractivity contribution is 0.148. The standard InChI is InChI=1S/C15H24N2O/c1-4-10-17-11-6-5-7-14(17)13-8-9-15(18-3)16-12(13)2/h8-9,14H,4-7,10-11H2,1-3H3/t14-/m0/s1. The number of piperidine rings is 1. The Labute approximate surface area is 110 Å². The number of pyridine rings is 1. The van der Waals surface area contributed by atoms with E-state index in [4.69, 9.17) is 4.74 Å². The van der Waals surface area contributed by atoms with Crippen molar-refractivity contribution in [2.24, 2.45) is 0 Å². The van der Waals surface area contributed by atoms with Crippen LogP contribution in [0.3, 0.4) is 0 Å². The van der Waals surface area contributed by atoms with Crippen LogP contribution in [-0.4, -0.2) is 30.1 Å². The Morgan fingerprint density at radius 1 is 1.39 bits per heavy atom. The summed E-state index contributed by atoms with van der Waals surface area (Å²) in [5.74, 6) is 0.717. The molecule has 1 aliphatic rings. The average Bonchev–Trinajstić information content (AvgIpc) is 2.40. The highest BCUT2D eigenvalue weighted by atomic mass is 16.5. The van der Waals surface area contributed by atoms with Crippen LogP contribution >= 0.6 is 0 Å². The van der Waals surface area contributed by atoms with Gasteiger partial charge in [0.15, 0.2) is 0 Å². The van der Waals surface area contributed by atoms with E-state index < -0.39 is 0 Å². The third kappa shape index (κ3) is 2.83. The maximum absolute atomic E-state index is 5.19. The van der Waals surface area contributed by atoms with Crippen LogP contribution in [0.1, 0.15) is 49.9 Å². The van der Waals surface area contributed by atoms with Crippen molar-refractivity contribution in [2.45, 2.75) is 45.6 Å². The summed E-state index contributed by atoms with van der Waals surface area (Å²) in [6.07, 6.45) is 5.14. The number of likely N-dealkylation sites (tertiary alicyclic amines) is 1. The Morgan fingerprint density at radius 3 is 2.89 bits per heavy atom. The van der Waals surface area contributed by atoms with Crippen LogP contribution in [0.5, 0.6) is 5.88 Å². The highest BCUT2D eigenvalue weighted by molar-refractivity contribution is 5.28. The molecule has 0 saturated carbocycles. The predicted octanol–water partition coefficient (Wildman–Crippen LogP) is 3.34. The number of rotatable bonds is 4. The fourth-order valence-electron chi connectivity index (χ4n) is 2.91. The molecule has 100 valence electrons. The lowest BCUT2D eigenvalue weighted by Crippen LogP contribution is -2.34. The Hall–Kier alpha value is -1.09. The smallest absolute Gasteiger partial charge is 0.213 e. The molecule has 0 unspecified atom stereocenters. The van der Waals surface area contributed by atoms with Crippen LogP contribution in [0.4, 0.5) is 0 Å². The maximum Gasteiger partial charge on any atom is 0.213 e. The summed E-state index contributed by atoms with van der Waals surface area (Å²) in [5.41, 5.74) is 2.49. The van der Waals surface area contributed by atoms with Crippen LogP contribution in [0, 0.1) is 6.92 Å². The molecule has 3 nitrogen and oxygen atoms in total. The summed E-state index contributed by atoms with van der Waals surface area (Å²) in [7, 11) is 1.67. The number of aromatic nitrogens is 1. The highest BCUT2D eigenvalue weighted by Crippen LogP contribution is 2.32. The van der Waals surface area contributed by atoms with Crippen LogP contribution < -0.4 is 4.74 Å². The van der Waals surface area contributed by atoms with Gasteiger partial charge in [0.25, 0.3) is 0 Å². The second-order valence-corrected chi connectivity index (χ2v) is 5.08. The molecule has 1 aliphatic heterocycles. The minimum absolute atomic E-state index is 0.553. The van der Waals surface area contributed by atoms with Gasteiger partial charge in [-0.25, -0.2) is 4.98 Å². The third-order valence-electron chi connectivity index (χ3n) is 3.79. The fourth-order valence-corrected chi connectivity index (χ4v) is 2.91. The molecule has 2 rings (SSSR count). The molecule has 0 aromatic carbocycles. The van der Waals surface area contributed by atoms with E-state index >= 15 is 0 Å². The van der Waals surface area contributed by atoms with E-state index in [0.717, 1.165) is 5.69 Å². The SMILES string of the molecule is CCCN1CCCC[C@H]1c1ccc(OC)nc1C. The zero-order valence-electron chi connectivity index (χ0n) is 11.8. The zero-order chi connectivity index (χ0) is 13.0. The van der Waals surface area contributed by atoms with Gasteiger partial charge in [-0.2, -0.15) is 0 Å². The number of aryl methyl sites for hydroxylation is 1. The van der Waals surface area contributed by atoms with Crippen molar-refractivity contribution in [3.05, 3.63) is 23.4 Å². The first-order valence-corrected chi connectivity index (χ1v) is 7.01. The van der Waals surface area contributed by atoms with E-state index in [2.05, 4.69) is 29.8 Å². The van der Waals surface area contributed by atoms with Crippen molar-refractivity contribution in [3.63, 3.8) is 0 Å². The molecule has 3 heteroatoms. The minimum atomic E-state index is 0.553. The molecule has 1 aromatic heterocycles. The topological polar surface area (TPSA) is 25.4 Å². The van der Waals surface area contributed by atoms with Gasteiger partial charge in [-0.15, -0.1) is 0 Å². The molecule has 1 atom stereocenters. The van der Waals surface area contributed by atoms with E-state index in [9.17, 15) is 0 Å². The summed E-state index contributed by atoms with van der Waals surface area (Å²) < 4.78 is 5.19. The summed E-state index contributed by atoms with van der Waals surface area (Å²) >= 11 is 0. The third-order valence-corrected chi connectivity index (χ3v) is 3.79. The van der Waals surface area contributed by atoms with Crippen LogP contribution in [0.25, 0.3) is 0 Å². The first-order chi connectivity index (χ1) is 8.76. The summed E-state index contributed by atoms with van der Waals surface area (Å²) in [6, 6.07) is 4.73. The molecule has 0 spiro atoms. The van der Waals surface area contributed by atoms with Crippen molar-refractivity contribution in [3.8, 4) is 5.88 Å². The molecule has 2 heterocycles. The van der Waals surface area contributed by atoms with Gasteiger partial charge in [-0.3, -0.25) is 4.90 Å². The van der Waals surface area contributed by atoms with Crippen LogP contribution in [0.15, 0.2) is 12.1 Å². The van der Waals surface area contributed by atoms with Gasteiger partial charge in [0.1, 0.15) is 0 Å². The maximum atomic E-state index is 5.19. The molecule has 1 fully saturated rings. The normalized spacial score (nSPS) is 20.9. The van der Waals surface area contributed by atoms with Gasteiger partial charge in [-0.05, 0) is 44.8 Å². The Morgan fingerprint density at radius 2 is 2.22 bits per heavy atom. The first kappa shape index (κ1) is 13.3. The van der Waals surface area contributed by atoms with Crippen LogP contribution in [0.2, 0.25) is 0 Å². The van der Waals surface area contributed by atoms with Gasteiger partial charge in [-0.1, -0.05) is 19.4 Å². The molecule has 1 aromatic rings. The largest absolute Gasteiger partial charge is 0.481 e. The lowest BCUT2D eigenvalue weighted by atomic mass is 9.94. The number of methoxy groups -OCH3 is 1. The fraction of sp³-hybridized carbons (Fsp3) is 0.667. The molecular formula is C15H24N2O. The quantitative estimate of drug-likeness (QED) is 0.817. The van der Waals surface area contributed by atoms with E-state index in [1.54, 1.807) is 7.11 Å². The second-order valence-electron chi connectivity index (χ2n) is 5.08. The van der Waals surface area contributed by atoms with Crippen molar-refractivity contribution in [1.29, 1.82) is 0 Å². The van der Waals surface area contributed by atoms with Crippen molar-refractivity contribution in [1.82, 2.24) is 9.88 Å². The van der Waals surface area contributed by atoms with Crippen LogP contribution in [-0.2, 0) is 0 Å². The molecule has 0 amide bonds. The highest BCUT2D eigenvalue weighted by Gasteiger charge is 2.24. The van der Waals surface area contributed by atoms with Gasteiger partial charge in [0, 0.05) is 17.8 Å². The van der Waals surface area contributed by atoms with E-state index in [0.29, 0.717) is 11.9 Å². The van der Waals surface area contributed by atoms with Gasteiger partial charge >= 0.3 is 0 Å². The minimum Gasteiger partial charge on any atom is -0.481 e.